The van der Waals surface area contributed by atoms with E-state index in [1.54, 1.807) is 26.8 Å². The Bertz CT molecular complexity index is 620. The van der Waals surface area contributed by atoms with Crippen LogP contribution in [0.2, 0.25) is 0 Å². The molecule has 20 heavy (non-hydrogen) atoms. The van der Waals surface area contributed by atoms with Crippen molar-refractivity contribution in [1.82, 2.24) is 0 Å². The molecule has 1 aromatic rings. The molecule has 0 spiro atoms. The van der Waals surface area contributed by atoms with E-state index in [2.05, 4.69) is 0 Å². The molecule has 4 N–H and O–H groups in total. The van der Waals surface area contributed by atoms with Gasteiger partial charge in [-0.1, -0.05) is 26.8 Å². The van der Waals surface area contributed by atoms with Crippen LogP contribution in [0.1, 0.15) is 20.8 Å². The number of rotatable bonds is 4. The summed E-state index contributed by atoms with van der Waals surface area (Å²) in [4.78, 5) is 9.41. The normalized spacial score (nSPS) is 15.4. The number of carbonyl (C=O) groups excluding carboxylic acids is 1. The molecule has 0 radical (unpaired) electrons. The number of benzene rings is 1. The Morgan fingerprint density at radius 1 is 1.25 bits per heavy atom. The van der Waals surface area contributed by atoms with Crippen LogP contribution in [-0.2, 0) is 14.6 Å². The maximum absolute atomic E-state index is 12.7. The van der Waals surface area contributed by atoms with Crippen LogP contribution in [0.25, 0.3) is 0 Å². The van der Waals surface area contributed by atoms with Crippen molar-refractivity contribution in [3.63, 3.8) is 0 Å². The lowest BCUT2D eigenvalue weighted by atomic mass is 9.86. The van der Waals surface area contributed by atoms with Gasteiger partial charge in [0.1, 0.15) is 5.75 Å². The van der Waals surface area contributed by atoms with Crippen LogP contribution in [0.15, 0.2) is 29.2 Å². The molecule has 0 fully saturated rings. The Morgan fingerprint density at radius 3 is 2.20 bits per heavy atom. The lowest BCUT2D eigenvalue weighted by molar-refractivity contribution is -0.123. The summed E-state index contributed by atoms with van der Waals surface area (Å²) in [6, 6.07) is 5.77. The van der Waals surface area contributed by atoms with Gasteiger partial charge in [0.25, 0.3) is 5.91 Å². The quantitative estimate of drug-likeness (QED) is 0.848. The first-order valence-electron chi connectivity index (χ1n) is 5.96. The second kappa shape index (κ2) is 5.06. The molecule has 6 nitrogen and oxygen atoms in total. The number of hydrogen-bond acceptors (Lipinski definition) is 5. The molecule has 1 amide bonds. The lowest BCUT2D eigenvalue weighted by Crippen LogP contribution is -2.65. The molecule has 0 saturated heterocycles. The van der Waals surface area contributed by atoms with Crippen molar-refractivity contribution in [2.75, 3.05) is 7.11 Å². The Balaban J connectivity index is 3.58. The van der Waals surface area contributed by atoms with E-state index in [1.807, 2.05) is 0 Å². The fraction of sp³-hybridized carbons (Fsp3) is 0.462. The minimum Gasteiger partial charge on any atom is -0.497 e. The topological polar surface area (TPSA) is 112 Å². The third-order valence-corrected chi connectivity index (χ3v) is 5.79. The molecule has 0 saturated carbocycles. The number of ether oxygens (including phenoxy) is 1. The third kappa shape index (κ3) is 2.38. The van der Waals surface area contributed by atoms with Gasteiger partial charge in [-0.3, -0.25) is 4.79 Å². The van der Waals surface area contributed by atoms with Gasteiger partial charge >= 0.3 is 0 Å². The largest absolute Gasteiger partial charge is 0.497 e. The fourth-order valence-corrected chi connectivity index (χ4v) is 3.83. The number of sulfone groups is 1. The highest BCUT2D eigenvalue weighted by Gasteiger charge is 2.55. The highest BCUT2D eigenvalue weighted by Crippen LogP contribution is 2.37. The van der Waals surface area contributed by atoms with Crippen LogP contribution < -0.4 is 16.2 Å². The van der Waals surface area contributed by atoms with E-state index in [1.165, 1.54) is 25.3 Å². The molecule has 0 aliphatic rings. The van der Waals surface area contributed by atoms with Gasteiger partial charge in [0, 0.05) is 5.41 Å². The summed E-state index contributed by atoms with van der Waals surface area (Å²) in [7, 11) is -2.75. The SMILES string of the molecule is COc1cccc(S(=O)(=O)[C@](N)(C(N)=O)C(C)(C)C)c1. The number of hydrogen-bond donors (Lipinski definition) is 2. The number of carbonyl (C=O) groups is 1. The summed E-state index contributed by atoms with van der Waals surface area (Å²) in [5, 5.41) is 0. The van der Waals surface area contributed by atoms with Crippen LogP contribution in [0.4, 0.5) is 0 Å². The van der Waals surface area contributed by atoms with Crippen LogP contribution >= 0.6 is 0 Å². The van der Waals surface area contributed by atoms with E-state index in [9.17, 15) is 13.2 Å². The minimum absolute atomic E-state index is 0.104. The van der Waals surface area contributed by atoms with Crippen molar-refractivity contribution in [3.05, 3.63) is 24.3 Å². The Morgan fingerprint density at radius 2 is 1.80 bits per heavy atom. The van der Waals surface area contributed by atoms with Crippen molar-refractivity contribution in [1.29, 1.82) is 0 Å². The van der Waals surface area contributed by atoms with E-state index < -0.39 is 26.0 Å². The molecule has 0 unspecified atom stereocenters. The van der Waals surface area contributed by atoms with Gasteiger partial charge in [-0.2, -0.15) is 0 Å². The zero-order valence-electron chi connectivity index (χ0n) is 12.0. The summed E-state index contributed by atoms with van der Waals surface area (Å²) in [6.07, 6.45) is 0. The number of primary amides is 1. The summed E-state index contributed by atoms with van der Waals surface area (Å²) in [5.41, 5.74) is 10.1. The van der Waals surface area contributed by atoms with E-state index in [0.29, 0.717) is 5.75 Å². The monoisotopic (exact) mass is 300 g/mol. The molecular weight excluding hydrogens is 280 g/mol. The smallest absolute Gasteiger partial charge is 0.254 e. The zero-order valence-corrected chi connectivity index (χ0v) is 12.8. The summed E-state index contributed by atoms with van der Waals surface area (Å²) in [6.45, 7) is 4.65. The molecule has 0 heterocycles. The second-order valence-corrected chi connectivity index (χ2v) is 7.65. The van der Waals surface area contributed by atoms with E-state index in [-0.39, 0.29) is 4.90 Å². The van der Waals surface area contributed by atoms with Crippen LogP contribution in [-0.4, -0.2) is 26.3 Å². The van der Waals surface area contributed by atoms with Crippen LogP contribution in [0.5, 0.6) is 5.75 Å². The first-order chi connectivity index (χ1) is 8.98. The van der Waals surface area contributed by atoms with Crippen molar-refractivity contribution in [2.45, 2.75) is 30.5 Å². The van der Waals surface area contributed by atoms with Gasteiger partial charge in [0.2, 0.25) is 14.7 Å². The van der Waals surface area contributed by atoms with Crippen molar-refractivity contribution in [2.24, 2.45) is 16.9 Å². The van der Waals surface area contributed by atoms with Crippen molar-refractivity contribution < 1.29 is 17.9 Å². The maximum atomic E-state index is 12.7. The van der Waals surface area contributed by atoms with E-state index >= 15 is 0 Å². The van der Waals surface area contributed by atoms with Gasteiger partial charge in [-0.05, 0) is 18.2 Å². The molecule has 1 rings (SSSR count). The molecule has 7 heteroatoms. The summed E-state index contributed by atoms with van der Waals surface area (Å²) < 4.78 is 30.4. The Hall–Kier alpha value is -1.60. The highest BCUT2D eigenvalue weighted by atomic mass is 32.2. The average molecular weight is 300 g/mol. The lowest BCUT2D eigenvalue weighted by Gasteiger charge is -2.37. The zero-order chi connectivity index (χ0) is 15.8. The van der Waals surface area contributed by atoms with Gasteiger partial charge in [-0.15, -0.1) is 0 Å². The Kier molecular flexibility index (Phi) is 4.17. The standard InChI is InChI=1S/C13H20N2O4S/c1-12(2,3)13(15,11(14)16)20(17,18)10-7-5-6-9(8-10)19-4/h5-8H,15H2,1-4H3,(H2,14,16)/t13-/m1/s1. The number of nitrogens with two attached hydrogens (primary N) is 2. The average Bonchev–Trinajstić information content (AvgIpc) is 2.35. The highest BCUT2D eigenvalue weighted by molar-refractivity contribution is 7.93. The van der Waals surface area contributed by atoms with Gasteiger partial charge in [-0.25, -0.2) is 8.42 Å². The predicted molar refractivity (Wildman–Crippen MR) is 75.7 cm³/mol. The van der Waals surface area contributed by atoms with Crippen LogP contribution in [0, 0.1) is 5.41 Å². The first kappa shape index (κ1) is 16.5. The van der Waals surface area contributed by atoms with Crippen molar-refractivity contribution >= 4 is 15.7 Å². The third-order valence-electron chi connectivity index (χ3n) is 3.26. The number of amides is 1. The van der Waals surface area contributed by atoms with Gasteiger partial charge in [0.15, 0.2) is 0 Å². The van der Waals surface area contributed by atoms with Gasteiger partial charge < -0.3 is 16.2 Å². The molecule has 0 aliphatic carbocycles. The molecule has 112 valence electrons. The number of methoxy groups -OCH3 is 1. The fourth-order valence-electron chi connectivity index (χ4n) is 1.86. The maximum Gasteiger partial charge on any atom is 0.254 e. The van der Waals surface area contributed by atoms with Crippen molar-refractivity contribution in [3.8, 4) is 5.75 Å². The molecule has 1 aromatic carbocycles. The minimum atomic E-state index is -4.17. The first-order valence-corrected chi connectivity index (χ1v) is 7.44. The molecule has 1 atom stereocenters. The molecular formula is C13H20N2O4S. The van der Waals surface area contributed by atoms with E-state index in [4.69, 9.17) is 16.2 Å². The Labute approximate surface area is 119 Å². The summed E-state index contributed by atoms with van der Waals surface area (Å²) in [5.74, 6) is -0.736. The molecule has 0 bridgehead atoms. The van der Waals surface area contributed by atoms with Gasteiger partial charge in [0.05, 0.1) is 12.0 Å². The van der Waals surface area contributed by atoms with E-state index in [0.717, 1.165) is 0 Å². The predicted octanol–water partition coefficient (Wildman–Crippen LogP) is 0.655. The molecule has 0 aliphatic heterocycles. The molecule has 0 aromatic heterocycles. The van der Waals surface area contributed by atoms with Crippen LogP contribution in [0.3, 0.4) is 0 Å². The summed E-state index contributed by atoms with van der Waals surface area (Å²) >= 11 is 0. The second-order valence-electron chi connectivity index (χ2n) is 5.53.